The van der Waals surface area contributed by atoms with Crippen molar-refractivity contribution in [3.8, 4) is 0 Å². The van der Waals surface area contributed by atoms with E-state index in [1.54, 1.807) is 0 Å². The smallest absolute Gasteiger partial charge is 0.0485 e. The lowest BCUT2D eigenvalue weighted by Gasteiger charge is -2.21. The third-order valence-electron chi connectivity index (χ3n) is 4.03. The molecule has 0 amide bonds. The summed E-state index contributed by atoms with van der Waals surface area (Å²) in [6.07, 6.45) is 4.02. The fraction of sp³-hybridized carbons (Fsp3) is 0.312. The van der Waals surface area contributed by atoms with Gasteiger partial charge in [-0.3, -0.25) is 4.98 Å². The monoisotopic (exact) mass is 272 g/mol. The number of nitrogens with two attached hydrogens (primary N) is 1. The van der Waals surface area contributed by atoms with E-state index in [4.69, 9.17) is 17.3 Å². The Hall–Kier alpha value is -1.38. The predicted molar refractivity (Wildman–Crippen MR) is 78.4 cm³/mol. The van der Waals surface area contributed by atoms with Crippen LogP contribution in [0.3, 0.4) is 0 Å². The first kappa shape index (κ1) is 12.6. The van der Waals surface area contributed by atoms with Crippen LogP contribution in [-0.4, -0.2) is 4.98 Å². The molecule has 1 aliphatic rings. The molecule has 0 spiro atoms. The van der Waals surface area contributed by atoms with Gasteiger partial charge < -0.3 is 5.73 Å². The van der Waals surface area contributed by atoms with Crippen molar-refractivity contribution in [2.24, 2.45) is 5.73 Å². The van der Waals surface area contributed by atoms with Crippen molar-refractivity contribution in [1.29, 1.82) is 0 Å². The van der Waals surface area contributed by atoms with Crippen molar-refractivity contribution in [1.82, 2.24) is 4.98 Å². The third-order valence-corrected chi connectivity index (χ3v) is 4.26. The van der Waals surface area contributed by atoms with E-state index in [0.717, 1.165) is 23.4 Å². The summed E-state index contributed by atoms with van der Waals surface area (Å²) in [7, 11) is 0. The second-order valence-corrected chi connectivity index (χ2v) is 5.66. The highest BCUT2D eigenvalue weighted by Gasteiger charge is 2.30. The molecular weight excluding hydrogens is 256 g/mol. The zero-order valence-electron chi connectivity index (χ0n) is 10.9. The van der Waals surface area contributed by atoms with E-state index >= 15 is 0 Å². The Morgan fingerprint density at radius 3 is 3.00 bits per heavy atom. The maximum atomic E-state index is 6.48. The molecule has 2 N–H and O–H groups in total. The molecule has 0 radical (unpaired) electrons. The molecule has 2 nitrogen and oxygen atoms in total. The maximum absolute atomic E-state index is 6.48. The second kappa shape index (κ2) is 4.95. The van der Waals surface area contributed by atoms with Crippen LogP contribution in [0.4, 0.5) is 0 Å². The molecule has 0 aliphatic heterocycles. The van der Waals surface area contributed by atoms with Crippen LogP contribution in [0.15, 0.2) is 36.5 Å². The molecule has 2 aromatic rings. The van der Waals surface area contributed by atoms with Crippen LogP contribution in [0.25, 0.3) is 0 Å². The normalized spacial score (nSPS) is 19.2. The van der Waals surface area contributed by atoms with Gasteiger partial charge in [-0.25, -0.2) is 0 Å². The molecule has 1 aliphatic carbocycles. The summed E-state index contributed by atoms with van der Waals surface area (Å²) >= 11 is 6.01. The predicted octanol–water partition coefficient (Wildman–Crippen LogP) is 3.77. The largest absolute Gasteiger partial charge is 0.323 e. The molecule has 2 unspecified atom stereocenters. The molecule has 0 saturated carbocycles. The summed E-state index contributed by atoms with van der Waals surface area (Å²) in [5, 5.41) is 0.762. The van der Waals surface area contributed by atoms with E-state index in [1.807, 2.05) is 30.5 Å². The Labute approximate surface area is 118 Å². The first-order valence-corrected chi connectivity index (χ1v) is 7.00. The van der Waals surface area contributed by atoms with Crippen LogP contribution in [0.2, 0.25) is 5.02 Å². The van der Waals surface area contributed by atoms with E-state index in [-0.39, 0.29) is 6.04 Å². The highest BCUT2D eigenvalue weighted by atomic mass is 35.5. The number of aryl methyl sites for hydroxylation is 2. The molecular formula is C16H17ClN2. The van der Waals surface area contributed by atoms with Gasteiger partial charge in [0.1, 0.15) is 0 Å². The minimum absolute atomic E-state index is 0.00610. The Kier molecular flexibility index (Phi) is 3.29. The van der Waals surface area contributed by atoms with Crippen molar-refractivity contribution in [3.63, 3.8) is 0 Å². The lowest BCUT2D eigenvalue weighted by Crippen LogP contribution is -2.19. The molecule has 0 fully saturated rings. The molecule has 1 aromatic carbocycles. The Morgan fingerprint density at radius 2 is 2.21 bits per heavy atom. The number of pyridine rings is 1. The average Bonchev–Trinajstić information content (AvgIpc) is 2.82. The van der Waals surface area contributed by atoms with Crippen molar-refractivity contribution < 1.29 is 0 Å². The van der Waals surface area contributed by atoms with Gasteiger partial charge in [-0.1, -0.05) is 23.7 Å². The molecule has 19 heavy (non-hydrogen) atoms. The number of hydrogen-bond acceptors (Lipinski definition) is 2. The average molecular weight is 273 g/mol. The third kappa shape index (κ3) is 2.26. The number of nitrogens with zero attached hydrogens (tertiary/aromatic N) is 1. The second-order valence-electron chi connectivity index (χ2n) is 5.22. The van der Waals surface area contributed by atoms with Crippen LogP contribution in [0, 0.1) is 6.92 Å². The molecule has 3 heteroatoms. The van der Waals surface area contributed by atoms with Gasteiger partial charge in [0.05, 0.1) is 0 Å². The fourth-order valence-electron chi connectivity index (χ4n) is 3.02. The number of aromatic nitrogens is 1. The highest BCUT2D eigenvalue weighted by molar-refractivity contribution is 6.30. The van der Waals surface area contributed by atoms with E-state index in [1.165, 1.54) is 16.8 Å². The van der Waals surface area contributed by atoms with E-state index in [9.17, 15) is 0 Å². The molecule has 0 bridgehead atoms. The van der Waals surface area contributed by atoms with E-state index in [0.29, 0.717) is 5.92 Å². The van der Waals surface area contributed by atoms with Gasteiger partial charge in [-0.2, -0.15) is 0 Å². The maximum Gasteiger partial charge on any atom is 0.0485 e. The molecule has 3 rings (SSSR count). The zero-order valence-corrected chi connectivity index (χ0v) is 11.7. The summed E-state index contributed by atoms with van der Waals surface area (Å²) < 4.78 is 0. The van der Waals surface area contributed by atoms with Crippen molar-refractivity contribution >= 4 is 11.6 Å². The molecule has 1 heterocycles. The van der Waals surface area contributed by atoms with Crippen molar-refractivity contribution in [3.05, 3.63) is 63.9 Å². The van der Waals surface area contributed by atoms with Crippen LogP contribution >= 0.6 is 11.6 Å². The number of halogens is 1. The topological polar surface area (TPSA) is 38.9 Å². The van der Waals surface area contributed by atoms with Gasteiger partial charge in [0.25, 0.3) is 0 Å². The summed E-state index contributed by atoms with van der Waals surface area (Å²) in [6.45, 7) is 2.06. The fourth-order valence-corrected chi connectivity index (χ4v) is 3.25. The standard InChI is InChI=1S/C16H17ClN2/c1-10-9-12(17)5-7-13(10)15(18)14-6-4-11-3-2-8-19-16(11)14/h2-3,5,7-9,14-15H,4,6,18H2,1H3. The van der Waals surface area contributed by atoms with Gasteiger partial charge >= 0.3 is 0 Å². The molecule has 1 aromatic heterocycles. The summed E-state index contributed by atoms with van der Waals surface area (Å²) in [6, 6.07) is 10.1. The van der Waals surface area contributed by atoms with Gasteiger partial charge in [0.2, 0.25) is 0 Å². The minimum Gasteiger partial charge on any atom is -0.323 e. The van der Waals surface area contributed by atoms with Crippen molar-refractivity contribution in [2.45, 2.75) is 31.7 Å². The molecule has 98 valence electrons. The quantitative estimate of drug-likeness (QED) is 0.904. The van der Waals surface area contributed by atoms with Crippen LogP contribution in [-0.2, 0) is 6.42 Å². The van der Waals surface area contributed by atoms with Gasteiger partial charge in [0.15, 0.2) is 0 Å². The SMILES string of the molecule is Cc1cc(Cl)ccc1C(N)C1CCc2cccnc21. The van der Waals surface area contributed by atoms with Gasteiger partial charge in [0, 0.05) is 28.9 Å². The first-order chi connectivity index (χ1) is 9.16. The Morgan fingerprint density at radius 1 is 1.37 bits per heavy atom. The summed E-state index contributed by atoms with van der Waals surface area (Å²) in [5.41, 5.74) is 11.3. The number of hydrogen-bond donors (Lipinski definition) is 1. The number of benzene rings is 1. The lowest BCUT2D eigenvalue weighted by molar-refractivity contribution is 0.539. The lowest BCUT2D eigenvalue weighted by atomic mass is 9.89. The van der Waals surface area contributed by atoms with Crippen LogP contribution in [0.5, 0.6) is 0 Å². The van der Waals surface area contributed by atoms with Gasteiger partial charge in [-0.15, -0.1) is 0 Å². The first-order valence-electron chi connectivity index (χ1n) is 6.62. The Balaban J connectivity index is 1.95. The van der Waals surface area contributed by atoms with Gasteiger partial charge in [-0.05, 0) is 54.7 Å². The summed E-state index contributed by atoms with van der Waals surface area (Å²) in [4.78, 5) is 4.53. The highest BCUT2D eigenvalue weighted by Crippen LogP contribution is 2.40. The van der Waals surface area contributed by atoms with Crippen LogP contribution in [0.1, 0.15) is 40.8 Å². The number of fused-ring (bicyclic) bond motifs is 1. The summed E-state index contributed by atoms with van der Waals surface area (Å²) in [5.74, 6) is 0.316. The zero-order chi connectivity index (χ0) is 13.4. The van der Waals surface area contributed by atoms with E-state index < -0.39 is 0 Å². The van der Waals surface area contributed by atoms with Crippen LogP contribution < -0.4 is 5.73 Å². The molecule has 0 saturated heterocycles. The van der Waals surface area contributed by atoms with Crippen molar-refractivity contribution in [2.75, 3.05) is 0 Å². The number of rotatable bonds is 2. The van der Waals surface area contributed by atoms with E-state index in [2.05, 4.69) is 18.0 Å². The molecule has 2 atom stereocenters. The minimum atomic E-state index is -0.00610. The Bertz CT molecular complexity index is 609.